The number of ketones is 2. The van der Waals surface area contributed by atoms with E-state index in [1.807, 2.05) is 0 Å². The first-order valence-corrected chi connectivity index (χ1v) is 9.52. The summed E-state index contributed by atoms with van der Waals surface area (Å²) in [5.74, 6) is -3.68. The molecule has 3 fully saturated rings. The first kappa shape index (κ1) is 18.8. The topological polar surface area (TPSA) is 121 Å². The number of hydrogen-bond donors (Lipinski definition) is 3. The number of allylic oxidation sites excluding steroid dienone is 1. The van der Waals surface area contributed by atoms with Crippen LogP contribution in [0.3, 0.4) is 0 Å². The molecule has 2 saturated carbocycles. The number of carbonyl (C=O) groups excluding carboxylic acids is 3. The maximum atomic E-state index is 13.3. The van der Waals surface area contributed by atoms with Crippen molar-refractivity contribution in [2.75, 3.05) is 6.61 Å². The van der Waals surface area contributed by atoms with Gasteiger partial charge >= 0.3 is 5.97 Å². The van der Waals surface area contributed by atoms with Gasteiger partial charge in [-0.05, 0) is 37.2 Å². The molecule has 0 amide bonds. The molecule has 148 valence electrons. The highest BCUT2D eigenvalue weighted by molar-refractivity contribution is 5.98. The molecule has 1 aliphatic heterocycles. The predicted molar refractivity (Wildman–Crippen MR) is 92.2 cm³/mol. The van der Waals surface area contributed by atoms with Gasteiger partial charge in [-0.1, -0.05) is 19.4 Å². The molecule has 1 unspecified atom stereocenters. The number of hydrogen-bond acceptors (Lipinski definition) is 7. The van der Waals surface area contributed by atoms with Crippen LogP contribution in [0.4, 0.5) is 0 Å². The third-order valence-corrected chi connectivity index (χ3v) is 8.07. The first-order valence-electron chi connectivity index (χ1n) is 9.52. The normalized spacial score (nSPS) is 51.9. The highest BCUT2D eigenvalue weighted by Gasteiger charge is 2.74. The highest BCUT2D eigenvalue weighted by Crippen LogP contribution is 2.67. The summed E-state index contributed by atoms with van der Waals surface area (Å²) < 4.78 is 5.63. The van der Waals surface area contributed by atoms with Gasteiger partial charge in [0.1, 0.15) is 18.3 Å². The minimum absolute atomic E-state index is 0.00131. The zero-order chi connectivity index (χ0) is 19.9. The van der Waals surface area contributed by atoms with Gasteiger partial charge in [-0.25, -0.2) is 0 Å². The average molecular weight is 378 g/mol. The molecule has 9 atom stereocenters. The van der Waals surface area contributed by atoms with Crippen molar-refractivity contribution in [3.05, 3.63) is 11.6 Å². The van der Waals surface area contributed by atoms with Crippen LogP contribution in [-0.4, -0.2) is 57.8 Å². The lowest BCUT2D eigenvalue weighted by Crippen LogP contribution is -2.75. The molecule has 0 aromatic heterocycles. The Hall–Kier alpha value is -1.57. The number of fused-ring (bicyclic) bond motifs is 2. The standard InChI is InChI=1S/C20H26O7/c1-8-4-12(22)18(26)19(3)10(8)5-13-20(7-21)11(6-14(23)27-13)9(2)15(24)16(25)17(19)20/h4,9-11,13,15,17-18,21,24,26H,5-7H2,1-3H3/t9-,10?,11-,13+,15-,17-,18+,19-,20+/m0/s1. The largest absolute Gasteiger partial charge is 0.462 e. The van der Waals surface area contributed by atoms with Crippen LogP contribution in [0.15, 0.2) is 11.6 Å². The molecule has 7 heteroatoms. The zero-order valence-corrected chi connectivity index (χ0v) is 15.7. The fraction of sp³-hybridized carbons (Fsp3) is 0.750. The van der Waals surface area contributed by atoms with Crippen molar-refractivity contribution >= 4 is 17.5 Å². The minimum Gasteiger partial charge on any atom is -0.462 e. The molecule has 0 spiro atoms. The van der Waals surface area contributed by atoms with E-state index in [4.69, 9.17) is 4.74 Å². The van der Waals surface area contributed by atoms with Crippen molar-refractivity contribution in [3.8, 4) is 0 Å². The molecule has 0 aromatic rings. The molecule has 0 aromatic carbocycles. The van der Waals surface area contributed by atoms with E-state index in [1.54, 1.807) is 20.8 Å². The number of esters is 1. The molecular weight excluding hydrogens is 352 g/mol. The van der Waals surface area contributed by atoms with Crippen molar-refractivity contribution in [2.45, 2.75) is 51.9 Å². The number of ether oxygens (including phenoxy) is 1. The zero-order valence-electron chi connectivity index (χ0n) is 15.7. The summed E-state index contributed by atoms with van der Waals surface area (Å²) in [5, 5.41) is 32.0. The summed E-state index contributed by atoms with van der Waals surface area (Å²) in [6, 6.07) is 0. The van der Waals surface area contributed by atoms with Gasteiger partial charge in [0.2, 0.25) is 0 Å². The first-order chi connectivity index (χ1) is 12.6. The number of aliphatic hydroxyl groups excluding tert-OH is 3. The number of carbonyl (C=O) groups is 3. The molecule has 1 heterocycles. The van der Waals surface area contributed by atoms with Gasteiger partial charge in [0.05, 0.1) is 6.61 Å². The lowest BCUT2D eigenvalue weighted by molar-refractivity contribution is -0.260. The second-order valence-electron chi connectivity index (χ2n) is 9.05. The minimum atomic E-state index is -1.41. The van der Waals surface area contributed by atoms with E-state index >= 15 is 0 Å². The van der Waals surface area contributed by atoms with Crippen LogP contribution in [0.25, 0.3) is 0 Å². The summed E-state index contributed by atoms with van der Waals surface area (Å²) in [6.07, 6.45) is -1.70. The number of Topliss-reactive ketones (excluding diaryl/α,β-unsaturated/α-hetero) is 1. The maximum absolute atomic E-state index is 13.3. The summed E-state index contributed by atoms with van der Waals surface area (Å²) in [6.45, 7) is 4.77. The number of rotatable bonds is 1. The fourth-order valence-electron chi connectivity index (χ4n) is 6.78. The van der Waals surface area contributed by atoms with E-state index in [1.165, 1.54) is 6.08 Å². The van der Waals surface area contributed by atoms with Crippen LogP contribution in [0.2, 0.25) is 0 Å². The van der Waals surface area contributed by atoms with E-state index in [-0.39, 0.29) is 12.3 Å². The third-order valence-electron chi connectivity index (χ3n) is 8.07. The lowest BCUT2D eigenvalue weighted by Gasteiger charge is -2.67. The lowest BCUT2D eigenvalue weighted by atomic mass is 9.38. The van der Waals surface area contributed by atoms with Gasteiger partial charge in [-0.2, -0.15) is 0 Å². The third kappa shape index (κ3) is 2.05. The molecule has 3 N–H and O–H groups in total. The van der Waals surface area contributed by atoms with Gasteiger partial charge in [0, 0.05) is 23.2 Å². The molecule has 0 bridgehead atoms. The van der Waals surface area contributed by atoms with Crippen LogP contribution in [-0.2, 0) is 19.1 Å². The number of aliphatic hydroxyl groups is 3. The molecule has 3 aliphatic carbocycles. The Labute approximate surface area is 157 Å². The van der Waals surface area contributed by atoms with Crippen LogP contribution in [0.5, 0.6) is 0 Å². The highest BCUT2D eigenvalue weighted by atomic mass is 16.5. The second-order valence-corrected chi connectivity index (χ2v) is 9.05. The van der Waals surface area contributed by atoms with Gasteiger partial charge in [-0.3, -0.25) is 14.4 Å². The molecular formula is C20H26O7. The van der Waals surface area contributed by atoms with E-state index in [2.05, 4.69) is 0 Å². The quantitative estimate of drug-likeness (QED) is 0.550. The Morgan fingerprint density at radius 3 is 2.56 bits per heavy atom. The Kier molecular flexibility index (Phi) is 3.98. The second kappa shape index (κ2) is 5.72. The summed E-state index contributed by atoms with van der Waals surface area (Å²) in [4.78, 5) is 38.0. The SMILES string of the molecule is CC1=CC(=O)[C@@H](O)[C@@]2(C)C1C[C@H]1OC(=O)C[C@H]3[C@H](C)[C@H](O)C(=O)[C@@H]2[C@@]13CO. The van der Waals surface area contributed by atoms with Gasteiger partial charge in [0.15, 0.2) is 11.6 Å². The van der Waals surface area contributed by atoms with Gasteiger partial charge in [-0.15, -0.1) is 0 Å². The van der Waals surface area contributed by atoms with E-state index < -0.39 is 71.0 Å². The predicted octanol–water partition coefficient (Wildman–Crippen LogP) is 0.00880. The van der Waals surface area contributed by atoms with E-state index in [9.17, 15) is 29.7 Å². The van der Waals surface area contributed by atoms with E-state index in [0.29, 0.717) is 6.42 Å². The Balaban J connectivity index is 1.98. The molecule has 1 saturated heterocycles. The summed E-state index contributed by atoms with van der Waals surface area (Å²) in [7, 11) is 0. The monoisotopic (exact) mass is 378 g/mol. The van der Waals surface area contributed by atoms with Gasteiger partial charge in [0.25, 0.3) is 0 Å². The summed E-state index contributed by atoms with van der Waals surface area (Å²) in [5.41, 5.74) is -1.55. The summed E-state index contributed by atoms with van der Waals surface area (Å²) >= 11 is 0. The fourth-order valence-corrected chi connectivity index (χ4v) is 6.78. The molecule has 4 rings (SSSR count). The Bertz CT molecular complexity index is 757. The van der Waals surface area contributed by atoms with Gasteiger partial charge < -0.3 is 20.1 Å². The van der Waals surface area contributed by atoms with Crippen molar-refractivity contribution in [1.29, 1.82) is 0 Å². The van der Waals surface area contributed by atoms with Crippen molar-refractivity contribution in [3.63, 3.8) is 0 Å². The van der Waals surface area contributed by atoms with Crippen LogP contribution >= 0.6 is 0 Å². The maximum Gasteiger partial charge on any atom is 0.306 e. The van der Waals surface area contributed by atoms with Crippen molar-refractivity contribution in [1.82, 2.24) is 0 Å². The van der Waals surface area contributed by atoms with Crippen LogP contribution in [0, 0.1) is 34.5 Å². The van der Waals surface area contributed by atoms with E-state index in [0.717, 1.165) is 5.57 Å². The molecule has 0 radical (unpaired) electrons. The van der Waals surface area contributed by atoms with Crippen molar-refractivity contribution < 1.29 is 34.4 Å². The Morgan fingerprint density at radius 2 is 1.93 bits per heavy atom. The molecule has 7 nitrogen and oxygen atoms in total. The Morgan fingerprint density at radius 1 is 1.26 bits per heavy atom. The van der Waals surface area contributed by atoms with Crippen LogP contribution < -0.4 is 0 Å². The average Bonchev–Trinajstić information content (AvgIpc) is 2.62. The smallest absolute Gasteiger partial charge is 0.306 e. The molecule has 27 heavy (non-hydrogen) atoms. The van der Waals surface area contributed by atoms with Crippen molar-refractivity contribution in [2.24, 2.45) is 34.5 Å². The van der Waals surface area contributed by atoms with Crippen LogP contribution in [0.1, 0.15) is 33.6 Å². The molecule has 4 aliphatic rings.